The number of Topliss-reactive ketones (excluding diaryl/α,β-unsaturated/α-hetero) is 2. The first kappa shape index (κ1) is 23.5. The van der Waals surface area contributed by atoms with Gasteiger partial charge >= 0.3 is 11.9 Å². The minimum absolute atomic E-state index is 0.179. The first-order chi connectivity index (χ1) is 13.4. The van der Waals surface area contributed by atoms with Gasteiger partial charge in [0.1, 0.15) is 11.8 Å². The lowest BCUT2D eigenvalue weighted by atomic mass is 9.90. The molecule has 0 aliphatic rings. The van der Waals surface area contributed by atoms with Crippen molar-refractivity contribution in [3.05, 3.63) is 35.4 Å². The van der Waals surface area contributed by atoms with E-state index in [2.05, 4.69) is 9.78 Å². The summed E-state index contributed by atoms with van der Waals surface area (Å²) in [5, 5.41) is 17.2. The third-order valence-corrected chi connectivity index (χ3v) is 4.53. The van der Waals surface area contributed by atoms with Crippen molar-refractivity contribution in [1.82, 2.24) is 0 Å². The highest BCUT2D eigenvalue weighted by Gasteiger charge is 2.31. The van der Waals surface area contributed by atoms with E-state index < -0.39 is 35.3 Å². The van der Waals surface area contributed by atoms with E-state index in [4.69, 9.17) is 10.5 Å². The lowest BCUT2D eigenvalue weighted by Crippen LogP contribution is -2.27. The van der Waals surface area contributed by atoms with Crippen LogP contribution in [0.1, 0.15) is 73.1 Å². The summed E-state index contributed by atoms with van der Waals surface area (Å²) in [6, 6.07) is 5.50. The minimum atomic E-state index is -1.13. The van der Waals surface area contributed by atoms with Crippen molar-refractivity contribution >= 4 is 23.5 Å². The summed E-state index contributed by atoms with van der Waals surface area (Å²) in [6.45, 7) is 3.80. The van der Waals surface area contributed by atoms with E-state index in [1.807, 2.05) is 13.8 Å². The number of unbranched alkanes of at least 4 members (excludes halogenated alkanes) is 2. The Morgan fingerprint density at radius 3 is 1.32 bits per heavy atom. The molecular formula is C20H26O8. The average molecular weight is 394 g/mol. The number of carbonyl (C=O) groups excluding carboxylic acids is 4. The van der Waals surface area contributed by atoms with Crippen LogP contribution in [-0.2, 0) is 19.4 Å². The molecule has 2 atom stereocenters. The largest absolute Gasteiger partial charge is 0.352 e. The Bertz CT molecular complexity index is 621. The summed E-state index contributed by atoms with van der Waals surface area (Å²) in [6.07, 6.45) is 3.19. The lowest BCUT2D eigenvalue weighted by molar-refractivity contribution is -0.237. The molecule has 1 aromatic rings. The van der Waals surface area contributed by atoms with Crippen LogP contribution in [0.3, 0.4) is 0 Å². The van der Waals surface area contributed by atoms with Gasteiger partial charge in [0.25, 0.3) is 0 Å². The van der Waals surface area contributed by atoms with Crippen LogP contribution in [0, 0.1) is 11.8 Å². The normalized spacial score (nSPS) is 12.7. The molecule has 0 fully saturated rings. The summed E-state index contributed by atoms with van der Waals surface area (Å²) < 4.78 is 0. The lowest BCUT2D eigenvalue weighted by Gasteiger charge is -2.14. The van der Waals surface area contributed by atoms with Crippen LogP contribution in [0.25, 0.3) is 0 Å². The number of hydrogen-bond acceptors (Lipinski definition) is 8. The van der Waals surface area contributed by atoms with Gasteiger partial charge in [-0.05, 0) is 12.8 Å². The second kappa shape index (κ2) is 12.0. The molecule has 0 aliphatic carbocycles. The second-order valence-electron chi connectivity index (χ2n) is 6.52. The SMILES string of the molecule is CCCCC(C(=O)OO)C(=O)c1ccc(C(=O)C(CCCC)C(=O)OO)cc1. The van der Waals surface area contributed by atoms with Crippen molar-refractivity contribution in [2.45, 2.75) is 52.4 Å². The third kappa shape index (κ3) is 6.24. The summed E-state index contributed by atoms with van der Waals surface area (Å²) in [7, 11) is 0. The fraction of sp³-hybridized carbons (Fsp3) is 0.500. The molecule has 8 nitrogen and oxygen atoms in total. The zero-order chi connectivity index (χ0) is 21.1. The van der Waals surface area contributed by atoms with Crippen molar-refractivity contribution < 1.29 is 39.5 Å². The van der Waals surface area contributed by atoms with Crippen LogP contribution in [0.5, 0.6) is 0 Å². The molecule has 0 heterocycles. The van der Waals surface area contributed by atoms with Gasteiger partial charge in [-0.25, -0.2) is 9.59 Å². The van der Waals surface area contributed by atoms with Crippen molar-refractivity contribution in [2.75, 3.05) is 0 Å². The molecule has 2 N–H and O–H groups in total. The van der Waals surface area contributed by atoms with Gasteiger partial charge in [-0.3, -0.25) is 9.59 Å². The molecular weight excluding hydrogens is 368 g/mol. The molecule has 0 radical (unpaired) electrons. The van der Waals surface area contributed by atoms with Crippen LogP contribution in [0.15, 0.2) is 24.3 Å². The van der Waals surface area contributed by atoms with Crippen molar-refractivity contribution in [1.29, 1.82) is 0 Å². The van der Waals surface area contributed by atoms with Gasteiger partial charge in [-0.15, -0.1) is 0 Å². The Morgan fingerprint density at radius 1 is 0.750 bits per heavy atom. The van der Waals surface area contributed by atoms with Gasteiger partial charge in [0.15, 0.2) is 11.6 Å². The molecule has 0 saturated heterocycles. The fourth-order valence-corrected chi connectivity index (χ4v) is 2.86. The summed E-state index contributed by atoms with van der Waals surface area (Å²) in [5.74, 6) is -5.36. The molecule has 1 rings (SSSR count). The number of ketones is 2. The Morgan fingerprint density at radius 2 is 1.07 bits per heavy atom. The van der Waals surface area contributed by atoms with E-state index in [-0.39, 0.29) is 24.0 Å². The summed E-state index contributed by atoms with van der Waals surface area (Å²) >= 11 is 0. The Kier molecular flexibility index (Phi) is 10.0. The fourth-order valence-electron chi connectivity index (χ4n) is 2.86. The highest BCUT2D eigenvalue weighted by Crippen LogP contribution is 2.21. The van der Waals surface area contributed by atoms with Crippen molar-refractivity contribution in [3.63, 3.8) is 0 Å². The molecule has 0 bridgehead atoms. The molecule has 154 valence electrons. The molecule has 0 saturated carbocycles. The van der Waals surface area contributed by atoms with Gasteiger partial charge in [-0.1, -0.05) is 63.8 Å². The number of rotatable bonds is 12. The maximum atomic E-state index is 12.6. The van der Waals surface area contributed by atoms with E-state index in [1.165, 1.54) is 24.3 Å². The molecule has 0 amide bonds. The molecule has 28 heavy (non-hydrogen) atoms. The van der Waals surface area contributed by atoms with Gasteiger partial charge in [0, 0.05) is 11.1 Å². The predicted molar refractivity (Wildman–Crippen MR) is 98.6 cm³/mol. The molecule has 0 aliphatic heterocycles. The maximum Gasteiger partial charge on any atom is 0.352 e. The molecule has 2 unspecified atom stereocenters. The van der Waals surface area contributed by atoms with Gasteiger partial charge in [0.05, 0.1) is 0 Å². The molecule has 0 spiro atoms. The molecule has 0 aromatic heterocycles. The third-order valence-electron chi connectivity index (χ3n) is 4.53. The minimum Gasteiger partial charge on any atom is -0.300 e. The van der Waals surface area contributed by atoms with Crippen LogP contribution < -0.4 is 0 Å². The number of carbonyl (C=O) groups is 4. The maximum absolute atomic E-state index is 12.6. The summed E-state index contributed by atoms with van der Waals surface area (Å²) in [4.78, 5) is 55.9. The quantitative estimate of drug-likeness (QED) is 0.238. The van der Waals surface area contributed by atoms with Gasteiger partial charge in [0.2, 0.25) is 0 Å². The first-order valence-electron chi connectivity index (χ1n) is 9.30. The molecule has 8 heteroatoms. The zero-order valence-electron chi connectivity index (χ0n) is 16.1. The van der Waals surface area contributed by atoms with Gasteiger partial charge in [-0.2, -0.15) is 10.5 Å². The average Bonchev–Trinajstić information content (AvgIpc) is 2.73. The van der Waals surface area contributed by atoms with E-state index in [0.717, 1.165) is 12.8 Å². The smallest absolute Gasteiger partial charge is 0.300 e. The van der Waals surface area contributed by atoms with Crippen LogP contribution >= 0.6 is 0 Å². The van der Waals surface area contributed by atoms with Crippen molar-refractivity contribution in [3.8, 4) is 0 Å². The predicted octanol–water partition coefficient (Wildman–Crippen LogP) is 3.70. The highest BCUT2D eigenvalue weighted by molar-refractivity contribution is 6.10. The molecule has 1 aromatic carbocycles. The van der Waals surface area contributed by atoms with E-state index in [0.29, 0.717) is 12.8 Å². The van der Waals surface area contributed by atoms with Crippen LogP contribution in [-0.4, -0.2) is 34.0 Å². The van der Waals surface area contributed by atoms with E-state index >= 15 is 0 Å². The first-order valence-corrected chi connectivity index (χ1v) is 9.30. The van der Waals surface area contributed by atoms with Gasteiger partial charge < -0.3 is 9.78 Å². The summed E-state index contributed by atoms with van der Waals surface area (Å²) in [5.41, 5.74) is 0.357. The Hall–Kier alpha value is -2.58. The number of benzene rings is 1. The monoisotopic (exact) mass is 394 g/mol. The second-order valence-corrected chi connectivity index (χ2v) is 6.52. The van der Waals surface area contributed by atoms with Crippen LogP contribution in [0.4, 0.5) is 0 Å². The standard InChI is InChI=1S/C20H26O8/c1-3-5-7-15(19(23)27-25)17(21)13-9-11-14(12-10-13)18(22)16(8-6-4-2)20(24)28-26/h9-12,15-16,25-26H,3-8H2,1-2H3. The van der Waals surface area contributed by atoms with Crippen molar-refractivity contribution in [2.24, 2.45) is 11.8 Å². The van der Waals surface area contributed by atoms with E-state index in [1.54, 1.807) is 0 Å². The number of hydrogen-bond donors (Lipinski definition) is 2. The Labute approximate surface area is 163 Å². The Balaban J connectivity index is 3.01. The zero-order valence-corrected chi connectivity index (χ0v) is 16.1. The van der Waals surface area contributed by atoms with E-state index in [9.17, 15) is 19.2 Å². The highest BCUT2D eigenvalue weighted by atomic mass is 17.1. The van der Waals surface area contributed by atoms with Crippen LogP contribution in [0.2, 0.25) is 0 Å². The topological polar surface area (TPSA) is 127 Å².